The van der Waals surface area contributed by atoms with Crippen molar-refractivity contribution < 1.29 is 4.79 Å². The van der Waals surface area contributed by atoms with E-state index in [2.05, 4.69) is 0 Å². The molecule has 0 aromatic heterocycles. The van der Waals surface area contributed by atoms with E-state index in [-0.39, 0.29) is 0 Å². The first-order chi connectivity index (χ1) is 4.39. The summed E-state index contributed by atoms with van der Waals surface area (Å²) in [5.41, 5.74) is 0. The summed E-state index contributed by atoms with van der Waals surface area (Å²) in [6.07, 6.45) is 1.27. The van der Waals surface area contributed by atoms with Gasteiger partial charge in [0.05, 0.1) is 0 Å². The van der Waals surface area contributed by atoms with Crippen LogP contribution in [0, 0.1) is 35.5 Å². The van der Waals surface area contributed by atoms with Gasteiger partial charge in [0.1, 0.15) is 5.78 Å². The lowest BCUT2D eigenvalue weighted by Gasteiger charge is -2.15. The van der Waals surface area contributed by atoms with Crippen LogP contribution in [0.25, 0.3) is 0 Å². The zero-order chi connectivity index (χ0) is 5.75. The Morgan fingerprint density at radius 3 is 2.67 bits per heavy atom. The van der Waals surface area contributed by atoms with Crippen molar-refractivity contribution in [3.05, 3.63) is 0 Å². The van der Waals surface area contributed by atoms with Crippen molar-refractivity contribution >= 4 is 5.78 Å². The number of rotatable bonds is 0. The van der Waals surface area contributed by atoms with Gasteiger partial charge in [0.25, 0.3) is 0 Å². The number of carbonyl (C=O) groups is 1. The zero-order valence-electron chi connectivity index (χ0n) is 5.08. The Hall–Kier alpha value is -0.330. The van der Waals surface area contributed by atoms with Crippen LogP contribution < -0.4 is 0 Å². The minimum Gasteiger partial charge on any atom is -0.299 e. The monoisotopic (exact) mass is 120 g/mol. The maximum Gasteiger partial charge on any atom is 0.139 e. The molecule has 5 rings (SSSR count). The first-order valence-electron chi connectivity index (χ1n) is 3.93. The summed E-state index contributed by atoms with van der Waals surface area (Å²) >= 11 is 0. The molecule has 1 nitrogen and oxygen atoms in total. The first-order valence-corrected chi connectivity index (χ1v) is 3.93. The van der Waals surface area contributed by atoms with Crippen LogP contribution >= 0.6 is 0 Å². The molecule has 0 N–H and O–H groups in total. The summed E-state index contributed by atoms with van der Waals surface area (Å²) in [6.45, 7) is 0. The minimum absolute atomic E-state index is 0.579. The Labute approximate surface area is 53.4 Å². The van der Waals surface area contributed by atoms with Gasteiger partial charge in [0, 0.05) is 11.8 Å². The van der Waals surface area contributed by atoms with Gasteiger partial charge in [0.2, 0.25) is 0 Å². The van der Waals surface area contributed by atoms with Gasteiger partial charge in [-0.2, -0.15) is 0 Å². The van der Waals surface area contributed by atoms with Gasteiger partial charge >= 0.3 is 0 Å². The van der Waals surface area contributed by atoms with Crippen molar-refractivity contribution in [2.45, 2.75) is 6.42 Å². The molecular formula is C8H8O. The molecule has 4 atom stereocenters. The quantitative estimate of drug-likeness (QED) is 0.460. The summed E-state index contributed by atoms with van der Waals surface area (Å²) in [6, 6.07) is 0. The third-order valence-corrected chi connectivity index (χ3v) is 3.91. The van der Waals surface area contributed by atoms with Crippen molar-refractivity contribution in [2.24, 2.45) is 35.5 Å². The molecule has 0 aliphatic heterocycles. The fraction of sp³-hybridized carbons (Fsp3) is 0.875. The van der Waals surface area contributed by atoms with E-state index < -0.39 is 0 Å². The smallest absolute Gasteiger partial charge is 0.139 e. The molecule has 5 saturated carbocycles. The number of hydrogen-bond acceptors (Lipinski definition) is 1. The molecule has 5 aliphatic rings. The number of ketones is 1. The highest BCUT2D eigenvalue weighted by Gasteiger charge is 2.85. The molecule has 46 valence electrons. The van der Waals surface area contributed by atoms with Crippen LogP contribution in [-0.2, 0) is 4.79 Å². The molecule has 0 saturated heterocycles. The van der Waals surface area contributed by atoms with Crippen molar-refractivity contribution in [2.75, 3.05) is 0 Å². The highest BCUT2D eigenvalue weighted by atomic mass is 16.1. The summed E-state index contributed by atoms with van der Waals surface area (Å²) < 4.78 is 0. The lowest BCUT2D eigenvalue weighted by atomic mass is 9.87. The summed E-state index contributed by atoms with van der Waals surface area (Å²) in [4.78, 5) is 11.2. The van der Waals surface area contributed by atoms with Gasteiger partial charge in [-0.25, -0.2) is 0 Å². The van der Waals surface area contributed by atoms with Crippen LogP contribution in [0.1, 0.15) is 6.42 Å². The van der Waals surface area contributed by atoms with Gasteiger partial charge < -0.3 is 0 Å². The van der Waals surface area contributed by atoms with Crippen LogP contribution in [0.15, 0.2) is 0 Å². The fourth-order valence-electron chi connectivity index (χ4n) is 3.24. The molecule has 0 radical (unpaired) electrons. The highest BCUT2D eigenvalue weighted by molar-refractivity contribution is 5.93. The fourth-order valence-corrected chi connectivity index (χ4v) is 3.24. The van der Waals surface area contributed by atoms with Crippen LogP contribution in [0.3, 0.4) is 0 Å². The van der Waals surface area contributed by atoms with E-state index in [1.54, 1.807) is 0 Å². The third-order valence-electron chi connectivity index (χ3n) is 3.91. The van der Waals surface area contributed by atoms with Crippen LogP contribution in [0.5, 0.6) is 0 Å². The largest absolute Gasteiger partial charge is 0.299 e. The molecular weight excluding hydrogens is 112 g/mol. The van der Waals surface area contributed by atoms with Crippen LogP contribution in [-0.4, -0.2) is 5.78 Å². The van der Waals surface area contributed by atoms with Crippen molar-refractivity contribution in [1.29, 1.82) is 0 Å². The molecule has 0 aromatic carbocycles. The molecule has 2 bridgehead atoms. The average Bonchev–Trinajstić information content (AvgIpc) is 2.62. The van der Waals surface area contributed by atoms with Gasteiger partial charge in [-0.05, 0) is 30.1 Å². The Morgan fingerprint density at radius 2 is 2.00 bits per heavy atom. The lowest BCUT2D eigenvalue weighted by Crippen LogP contribution is -2.22. The van der Waals surface area contributed by atoms with E-state index in [0.29, 0.717) is 17.6 Å². The van der Waals surface area contributed by atoms with Gasteiger partial charge in [-0.15, -0.1) is 0 Å². The number of carbonyl (C=O) groups excluding carboxylic acids is 1. The Balaban J connectivity index is 1.91. The standard InChI is InChI=1S/C8H8O/c9-8-3-1-2(3)4-5-6(4)7(5)8/h2-7H,1H2. The summed E-state index contributed by atoms with van der Waals surface area (Å²) in [7, 11) is 0. The van der Waals surface area contributed by atoms with Crippen molar-refractivity contribution in [3.8, 4) is 0 Å². The van der Waals surface area contributed by atoms with E-state index in [1.165, 1.54) is 6.42 Å². The first kappa shape index (κ1) is 3.75. The molecule has 0 aromatic rings. The number of hydrogen-bond donors (Lipinski definition) is 0. The molecule has 9 heavy (non-hydrogen) atoms. The summed E-state index contributed by atoms with van der Waals surface area (Å²) in [5, 5.41) is 0. The second-order valence-corrected chi connectivity index (χ2v) is 4.17. The zero-order valence-corrected chi connectivity index (χ0v) is 5.08. The van der Waals surface area contributed by atoms with E-state index in [0.717, 1.165) is 23.7 Å². The highest BCUT2D eigenvalue weighted by Crippen LogP contribution is 2.84. The molecule has 1 heteroatoms. The topological polar surface area (TPSA) is 17.1 Å². The van der Waals surface area contributed by atoms with E-state index >= 15 is 0 Å². The molecule has 4 unspecified atom stereocenters. The molecule has 0 amide bonds. The van der Waals surface area contributed by atoms with E-state index in [4.69, 9.17) is 0 Å². The predicted molar refractivity (Wildman–Crippen MR) is 30.6 cm³/mol. The van der Waals surface area contributed by atoms with Gasteiger partial charge in [-0.1, -0.05) is 0 Å². The van der Waals surface area contributed by atoms with Crippen molar-refractivity contribution in [1.82, 2.24) is 0 Å². The number of Topliss-reactive ketones (excluding diaryl/α,β-unsaturated/α-hetero) is 1. The summed E-state index contributed by atoms with van der Waals surface area (Å²) in [5.74, 6) is 5.67. The van der Waals surface area contributed by atoms with E-state index in [1.807, 2.05) is 0 Å². The van der Waals surface area contributed by atoms with Gasteiger partial charge in [-0.3, -0.25) is 4.79 Å². The molecule has 0 spiro atoms. The molecule has 0 heterocycles. The predicted octanol–water partition coefficient (Wildman–Crippen LogP) is 0.697. The van der Waals surface area contributed by atoms with Crippen LogP contribution in [0.4, 0.5) is 0 Å². The Bertz CT molecular complexity index is 219. The van der Waals surface area contributed by atoms with Gasteiger partial charge in [0.15, 0.2) is 0 Å². The average molecular weight is 120 g/mol. The lowest BCUT2D eigenvalue weighted by molar-refractivity contribution is -0.125. The maximum absolute atomic E-state index is 11.2. The minimum atomic E-state index is 0.579. The van der Waals surface area contributed by atoms with Crippen molar-refractivity contribution in [3.63, 3.8) is 0 Å². The van der Waals surface area contributed by atoms with Crippen LogP contribution in [0.2, 0.25) is 0 Å². The Kier molecular flexibility index (Phi) is 0.302. The molecule has 5 fully saturated rings. The molecule has 5 aliphatic carbocycles. The van der Waals surface area contributed by atoms with E-state index in [9.17, 15) is 4.79 Å². The maximum atomic E-state index is 11.2. The Morgan fingerprint density at radius 1 is 1.22 bits per heavy atom. The SMILES string of the molecule is O=C1C2CC2C2C3C1C23. The normalized spacial score (nSPS) is 78.9. The second kappa shape index (κ2) is 0.727. The second-order valence-electron chi connectivity index (χ2n) is 4.17. The third kappa shape index (κ3) is 0.218.